The Morgan fingerprint density at radius 2 is 2.12 bits per heavy atom. The highest BCUT2D eigenvalue weighted by Crippen LogP contribution is 2.17. The van der Waals surface area contributed by atoms with Crippen LogP contribution in [-0.4, -0.2) is 40.3 Å². The predicted octanol–water partition coefficient (Wildman–Crippen LogP) is 1.73. The second-order valence-corrected chi connectivity index (χ2v) is 4.51. The molecule has 0 bridgehead atoms. The molecule has 2 rings (SSSR count). The van der Waals surface area contributed by atoms with Crippen LogP contribution in [-0.2, 0) is 0 Å². The number of rotatable bonds is 3. The molecule has 1 aliphatic heterocycles. The van der Waals surface area contributed by atoms with Crippen molar-refractivity contribution in [1.29, 1.82) is 0 Å². The van der Waals surface area contributed by atoms with Crippen LogP contribution in [0.3, 0.4) is 0 Å². The number of nitrogens with zero attached hydrogens (tertiary/aromatic N) is 3. The van der Waals surface area contributed by atoms with Crippen LogP contribution in [0.1, 0.15) is 26.7 Å². The Labute approximate surface area is 96.6 Å². The Morgan fingerprint density at radius 1 is 1.38 bits per heavy atom. The smallest absolute Gasteiger partial charge is 0.233 e. The molecular formula is C12H19N3O. The molecule has 1 aromatic rings. The Balaban J connectivity index is 1.82. The van der Waals surface area contributed by atoms with E-state index in [1.807, 2.05) is 12.1 Å². The van der Waals surface area contributed by atoms with Gasteiger partial charge in [-0.3, -0.25) is 0 Å². The lowest BCUT2D eigenvalue weighted by Gasteiger charge is -2.34. The van der Waals surface area contributed by atoms with Crippen LogP contribution in [0.25, 0.3) is 0 Å². The van der Waals surface area contributed by atoms with Crippen molar-refractivity contribution in [2.45, 2.75) is 38.8 Å². The summed E-state index contributed by atoms with van der Waals surface area (Å²) in [5, 5.41) is 7.75. The molecule has 0 atom stereocenters. The maximum atomic E-state index is 5.78. The Morgan fingerprint density at radius 3 is 2.69 bits per heavy atom. The molecule has 0 N–H and O–H groups in total. The van der Waals surface area contributed by atoms with E-state index in [-0.39, 0.29) is 0 Å². The van der Waals surface area contributed by atoms with Gasteiger partial charge in [-0.25, -0.2) is 0 Å². The van der Waals surface area contributed by atoms with Crippen LogP contribution in [0, 0.1) is 0 Å². The molecule has 1 saturated heterocycles. The minimum atomic E-state index is 0.298. The van der Waals surface area contributed by atoms with E-state index in [4.69, 9.17) is 4.74 Å². The van der Waals surface area contributed by atoms with Crippen LogP contribution in [0.4, 0.5) is 0 Å². The van der Waals surface area contributed by atoms with Crippen molar-refractivity contribution in [2.75, 3.05) is 13.1 Å². The first-order chi connectivity index (χ1) is 7.75. The topological polar surface area (TPSA) is 38.2 Å². The van der Waals surface area contributed by atoms with Gasteiger partial charge in [0.15, 0.2) is 0 Å². The first-order valence-corrected chi connectivity index (χ1v) is 5.94. The highest BCUT2D eigenvalue weighted by Gasteiger charge is 2.22. The number of ether oxygens (including phenoxy) is 1. The summed E-state index contributed by atoms with van der Waals surface area (Å²) in [6, 6.07) is 4.35. The zero-order valence-electron chi connectivity index (χ0n) is 9.97. The highest BCUT2D eigenvalue weighted by molar-refractivity contribution is 5.06. The van der Waals surface area contributed by atoms with E-state index in [1.54, 1.807) is 6.20 Å². The molecule has 0 amide bonds. The van der Waals surface area contributed by atoms with Gasteiger partial charge in [0.05, 0.1) is 0 Å². The van der Waals surface area contributed by atoms with Gasteiger partial charge in [-0.15, -0.1) is 5.10 Å². The summed E-state index contributed by atoms with van der Waals surface area (Å²) >= 11 is 0. The van der Waals surface area contributed by atoms with Gasteiger partial charge < -0.3 is 9.64 Å². The lowest BCUT2D eigenvalue weighted by Crippen LogP contribution is -2.41. The van der Waals surface area contributed by atoms with E-state index in [0.717, 1.165) is 25.9 Å². The summed E-state index contributed by atoms with van der Waals surface area (Å²) in [5.74, 6) is 0.644. The molecule has 0 spiro atoms. The fourth-order valence-corrected chi connectivity index (χ4v) is 2.03. The third-order valence-corrected chi connectivity index (χ3v) is 3.04. The molecule has 0 aliphatic carbocycles. The first kappa shape index (κ1) is 11.3. The van der Waals surface area contributed by atoms with Gasteiger partial charge in [-0.2, -0.15) is 5.10 Å². The van der Waals surface area contributed by atoms with Crippen LogP contribution < -0.4 is 4.74 Å². The normalized spacial score (nSPS) is 18.9. The zero-order valence-corrected chi connectivity index (χ0v) is 9.97. The summed E-state index contributed by atoms with van der Waals surface area (Å²) < 4.78 is 5.78. The van der Waals surface area contributed by atoms with Gasteiger partial charge in [0.1, 0.15) is 6.10 Å². The molecule has 0 aromatic carbocycles. The van der Waals surface area contributed by atoms with Gasteiger partial charge in [-0.1, -0.05) is 0 Å². The maximum Gasteiger partial charge on any atom is 0.233 e. The Kier molecular flexibility index (Phi) is 3.72. The van der Waals surface area contributed by atoms with E-state index < -0.39 is 0 Å². The fourth-order valence-electron chi connectivity index (χ4n) is 2.03. The molecule has 1 aromatic heterocycles. The molecule has 0 saturated carbocycles. The lowest BCUT2D eigenvalue weighted by atomic mass is 10.1. The number of hydrogen-bond donors (Lipinski definition) is 0. The summed E-state index contributed by atoms with van der Waals surface area (Å²) in [6.45, 7) is 6.71. The molecule has 88 valence electrons. The second kappa shape index (κ2) is 5.25. The molecule has 4 heteroatoms. The zero-order chi connectivity index (χ0) is 11.4. The van der Waals surface area contributed by atoms with Crippen molar-refractivity contribution < 1.29 is 4.74 Å². The SMILES string of the molecule is CC(C)N1CCC(Oc2cccnn2)CC1. The first-order valence-electron chi connectivity index (χ1n) is 5.94. The van der Waals surface area contributed by atoms with E-state index >= 15 is 0 Å². The van der Waals surface area contributed by atoms with E-state index in [2.05, 4.69) is 28.9 Å². The number of piperidine rings is 1. The quantitative estimate of drug-likeness (QED) is 0.779. The van der Waals surface area contributed by atoms with Crippen LogP contribution in [0.5, 0.6) is 5.88 Å². The average Bonchev–Trinajstić information content (AvgIpc) is 2.31. The van der Waals surface area contributed by atoms with E-state index in [9.17, 15) is 0 Å². The molecular weight excluding hydrogens is 202 g/mol. The third kappa shape index (κ3) is 2.92. The molecule has 0 unspecified atom stereocenters. The molecule has 1 fully saturated rings. The van der Waals surface area contributed by atoms with Crippen molar-refractivity contribution in [3.8, 4) is 5.88 Å². The van der Waals surface area contributed by atoms with Gasteiger partial charge in [0.2, 0.25) is 5.88 Å². The van der Waals surface area contributed by atoms with E-state index in [1.165, 1.54) is 0 Å². The fraction of sp³-hybridized carbons (Fsp3) is 0.667. The van der Waals surface area contributed by atoms with Crippen LogP contribution in [0.15, 0.2) is 18.3 Å². The number of likely N-dealkylation sites (tertiary alicyclic amines) is 1. The molecule has 0 radical (unpaired) electrons. The van der Waals surface area contributed by atoms with Gasteiger partial charge in [-0.05, 0) is 32.8 Å². The predicted molar refractivity (Wildman–Crippen MR) is 62.4 cm³/mol. The number of aromatic nitrogens is 2. The minimum Gasteiger partial charge on any atom is -0.473 e. The minimum absolute atomic E-state index is 0.298. The Bertz CT molecular complexity index is 307. The summed E-state index contributed by atoms with van der Waals surface area (Å²) in [6.07, 6.45) is 4.12. The monoisotopic (exact) mass is 221 g/mol. The van der Waals surface area contributed by atoms with Crippen molar-refractivity contribution in [3.05, 3.63) is 18.3 Å². The average molecular weight is 221 g/mol. The number of hydrogen-bond acceptors (Lipinski definition) is 4. The largest absolute Gasteiger partial charge is 0.473 e. The molecule has 2 heterocycles. The molecule has 1 aliphatic rings. The lowest BCUT2D eigenvalue weighted by molar-refractivity contribution is 0.0805. The standard InChI is InChI=1S/C12H19N3O/c1-10(2)15-8-5-11(6-9-15)16-12-4-3-7-13-14-12/h3-4,7,10-11H,5-6,8-9H2,1-2H3. The van der Waals surface area contributed by atoms with Crippen molar-refractivity contribution >= 4 is 0 Å². The highest BCUT2D eigenvalue weighted by atomic mass is 16.5. The van der Waals surface area contributed by atoms with Gasteiger partial charge in [0, 0.05) is 31.4 Å². The van der Waals surface area contributed by atoms with Crippen LogP contribution in [0.2, 0.25) is 0 Å². The molecule has 4 nitrogen and oxygen atoms in total. The van der Waals surface area contributed by atoms with Crippen molar-refractivity contribution in [1.82, 2.24) is 15.1 Å². The van der Waals surface area contributed by atoms with E-state index in [0.29, 0.717) is 18.0 Å². The molecule has 16 heavy (non-hydrogen) atoms. The third-order valence-electron chi connectivity index (χ3n) is 3.04. The van der Waals surface area contributed by atoms with Crippen molar-refractivity contribution in [3.63, 3.8) is 0 Å². The van der Waals surface area contributed by atoms with Gasteiger partial charge >= 0.3 is 0 Å². The van der Waals surface area contributed by atoms with Crippen LogP contribution >= 0.6 is 0 Å². The van der Waals surface area contributed by atoms with Crippen molar-refractivity contribution in [2.24, 2.45) is 0 Å². The summed E-state index contributed by atoms with van der Waals surface area (Å²) in [4.78, 5) is 2.48. The summed E-state index contributed by atoms with van der Waals surface area (Å²) in [5.41, 5.74) is 0. The maximum absolute atomic E-state index is 5.78. The summed E-state index contributed by atoms with van der Waals surface area (Å²) in [7, 11) is 0. The Hall–Kier alpha value is -1.16. The van der Waals surface area contributed by atoms with Gasteiger partial charge in [0.25, 0.3) is 0 Å². The second-order valence-electron chi connectivity index (χ2n) is 4.51.